The molecule has 0 fully saturated rings. The van der Waals surface area contributed by atoms with E-state index in [1.807, 2.05) is 45.3 Å². The van der Waals surface area contributed by atoms with E-state index in [4.69, 9.17) is 4.74 Å². The lowest BCUT2D eigenvalue weighted by Gasteiger charge is -2.13. The highest BCUT2D eigenvalue weighted by Crippen LogP contribution is 2.23. The first-order chi connectivity index (χ1) is 9.10. The van der Waals surface area contributed by atoms with Gasteiger partial charge in [0, 0.05) is 21.1 Å². The Balaban J connectivity index is 2.34. The van der Waals surface area contributed by atoms with Crippen molar-refractivity contribution >= 4 is 11.9 Å². The van der Waals surface area contributed by atoms with Crippen LogP contribution in [-0.2, 0) is 0 Å². The van der Waals surface area contributed by atoms with Gasteiger partial charge in [0.25, 0.3) is 0 Å². The van der Waals surface area contributed by atoms with Crippen LogP contribution in [0, 0.1) is 6.92 Å². The molecular formula is C13H17N5O. The molecule has 1 aromatic heterocycles. The molecule has 0 aliphatic rings. The van der Waals surface area contributed by atoms with E-state index >= 15 is 0 Å². The second-order valence-electron chi connectivity index (χ2n) is 4.25. The Morgan fingerprint density at radius 3 is 2.47 bits per heavy atom. The lowest BCUT2D eigenvalue weighted by atomic mass is 10.2. The highest BCUT2D eigenvalue weighted by Gasteiger charge is 2.10. The Labute approximate surface area is 112 Å². The molecule has 0 unspecified atom stereocenters. The number of rotatable bonds is 4. The molecule has 0 saturated heterocycles. The number of hydrogen-bond acceptors (Lipinski definition) is 6. The summed E-state index contributed by atoms with van der Waals surface area (Å²) in [5.41, 5.74) is 1.03. The van der Waals surface area contributed by atoms with Gasteiger partial charge in [-0.2, -0.15) is 15.0 Å². The van der Waals surface area contributed by atoms with Crippen LogP contribution >= 0.6 is 0 Å². The molecule has 0 aliphatic heterocycles. The smallest absolute Gasteiger partial charge is 0.328 e. The highest BCUT2D eigenvalue weighted by atomic mass is 16.5. The highest BCUT2D eigenvalue weighted by molar-refractivity contribution is 5.39. The van der Waals surface area contributed by atoms with Gasteiger partial charge in [0.1, 0.15) is 5.75 Å². The Morgan fingerprint density at radius 2 is 1.84 bits per heavy atom. The average Bonchev–Trinajstić information content (AvgIpc) is 2.41. The van der Waals surface area contributed by atoms with Crippen LogP contribution < -0.4 is 15.0 Å². The largest absolute Gasteiger partial charge is 0.424 e. The number of hydrogen-bond donors (Lipinski definition) is 1. The van der Waals surface area contributed by atoms with Crippen LogP contribution in [0.15, 0.2) is 24.3 Å². The molecule has 0 spiro atoms. The van der Waals surface area contributed by atoms with E-state index in [0.717, 1.165) is 11.3 Å². The second kappa shape index (κ2) is 5.51. The molecule has 0 bridgehead atoms. The molecule has 2 rings (SSSR count). The number of benzene rings is 1. The molecule has 6 nitrogen and oxygen atoms in total. The summed E-state index contributed by atoms with van der Waals surface area (Å²) in [6, 6.07) is 8.00. The first-order valence-corrected chi connectivity index (χ1v) is 5.95. The van der Waals surface area contributed by atoms with E-state index in [1.165, 1.54) is 0 Å². The summed E-state index contributed by atoms with van der Waals surface area (Å²) in [4.78, 5) is 14.5. The van der Waals surface area contributed by atoms with Gasteiger partial charge in [-0.15, -0.1) is 0 Å². The van der Waals surface area contributed by atoms with Gasteiger partial charge in [-0.05, 0) is 18.6 Å². The van der Waals surface area contributed by atoms with Gasteiger partial charge in [-0.25, -0.2) is 0 Å². The Bertz CT molecular complexity index is 571. The maximum absolute atomic E-state index is 5.71. The predicted molar refractivity (Wildman–Crippen MR) is 75.0 cm³/mol. The van der Waals surface area contributed by atoms with Crippen molar-refractivity contribution in [3.8, 4) is 11.8 Å². The van der Waals surface area contributed by atoms with Gasteiger partial charge in [0.05, 0.1) is 0 Å². The zero-order chi connectivity index (χ0) is 13.8. The zero-order valence-electron chi connectivity index (χ0n) is 11.5. The summed E-state index contributed by atoms with van der Waals surface area (Å²) in [5, 5.41) is 2.89. The van der Waals surface area contributed by atoms with Crippen molar-refractivity contribution in [1.29, 1.82) is 0 Å². The molecule has 0 radical (unpaired) electrons. The molecule has 19 heavy (non-hydrogen) atoms. The maximum Gasteiger partial charge on any atom is 0.328 e. The third-order valence-corrected chi connectivity index (χ3v) is 2.52. The Hall–Kier alpha value is -2.37. The lowest BCUT2D eigenvalue weighted by molar-refractivity contribution is 0.437. The van der Waals surface area contributed by atoms with Crippen molar-refractivity contribution in [3.05, 3.63) is 29.8 Å². The van der Waals surface area contributed by atoms with Crippen molar-refractivity contribution in [3.63, 3.8) is 0 Å². The van der Waals surface area contributed by atoms with Gasteiger partial charge in [0.15, 0.2) is 0 Å². The van der Waals surface area contributed by atoms with Gasteiger partial charge in [-0.3, -0.25) is 0 Å². The lowest BCUT2D eigenvalue weighted by Crippen LogP contribution is -2.15. The zero-order valence-corrected chi connectivity index (χ0v) is 11.5. The van der Waals surface area contributed by atoms with Gasteiger partial charge in [0.2, 0.25) is 11.9 Å². The molecule has 1 heterocycles. The van der Waals surface area contributed by atoms with Crippen molar-refractivity contribution < 1.29 is 4.74 Å². The maximum atomic E-state index is 5.71. The van der Waals surface area contributed by atoms with Crippen LogP contribution in [0.2, 0.25) is 0 Å². The predicted octanol–water partition coefficient (Wildman–Crippen LogP) is 2.08. The number of ether oxygens (including phenoxy) is 1. The summed E-state index contributed by atoms with van der Waals surface area (Å²) < 4.78 is 5.71. The first kappa shape index (κ1) is 13.1. The Kier molecular flexibility index (Phi) is 3.79. The van der Waals surface area contributed by atoms with Crippen LogP contribution in [0.3, 0.4) is 0 Å². The minimum absolute atomic E-state index is 0.275. The number of anilines is 2. The molecule has 100 valence electrons. The van der Waals surface area contributed by atoms with Gasteiger partial charge < -0.3 is 15.0 Å². The minimum atomic E-state index is 0.275. The fraction of sp³-hybridized carbons (Fsp3) is 0.308. The summed E-state index contributed by atoms with van der Waals surface area (Å²) >= 11 is 0. The van der Waals surface area contributed by atoms with Crippen LogP contribution in [-0.4, -0.2) is 36.1 Å². The van der Waals surface area contributed by atoms with Crippen molar-refractivity contribution in [2.75, 3.05) is 31.4 Å². The summed E-state index contributed by atoms with van der Waals surface area (Å²) in [7, 11) is 5.49. The fourth-order valence-corrected chi connectivity index (χ4v) is 1.47. The van der Waals surface area contributed by atoms with Crippen LogP contribution in [0.25, 0.3) is 0 Å². The minimum Gasteiger partial charge on any atom is -0.424 e. The molecule has 0 atom stereocenters. The topological polar surface area (TPSA) is 63.2 Å². The van der Waals surface area contributed by atoms with Crippen molar-refractivity contribution in [2.45, 2.75) is 6.92 Å². The molecule has 2 aromatic rings. The van der Waals surface area contributed by atoms with E-state index in [0.29, 0.717) is 11.9 Å². The summed E-state index contributed by atoms with van der Waals surface area (Å²) in [6.45, 7) is 1.97. The molecule has 1 aromatic carbocycles. The molecule has 6 heteroatoms. The normalized spacial score (nSPS) is 10.1. The third-order valence-electron chi connectivity index (χ3n) is 2.52. The number of nitrogens with zero attached hydrogens (tertiary/aromatic N) is 4. The molecular weight excluding hydrogens is 242 g/mol. The first-order valence-electron chi connectivity index (χ1n) is 5.95. The Morgan fingerprint density at radius 1 is 1.11 bits per heavy atom. The van der Waals surface area contributed by atoms with Crippen LogP contribution in [0.4, 0.5) is 11.9 Å². The second-order valence-corrected chi connectivity index (χ2v) is 4.25. The van der Waals surface area contributed by atoms with E-state index < -0.39 is 0 Å². The summed E-state index contributed by atoms with van der Waals surface area (Å²) in [6.07, 6.45) is 0. The quantitative estimate of drug-likeness (QED) is 0.907. The van der Waals surface area contributed by atoms with Crippen LogP contribution in [0.1, 0.15) is 5.56 Å². The van der Waals surface area contributed by atoms with E-state index in [2.05, 4.69) is 20.3 Å². The number of nitrogens with one attached hydrogen (secondary N) is 1. The monoisotopic (exact) mass is 259 g/mol. The van der Waals surface area contributed by atoms with Crippen molar-refractivity contribution in [2.24, 2.45) is 0 Å². The average molecular weight is 259 g/mol. The molecule has 0 aliphatic carbocycles. The van der Waals surface area contributed by atoms with E-state index in [9.17, 15) is 0 Å². The number of aromatic nitrogens is 3. The fourth-order valence-electron chi connectivity index (χ4n) is 1.47. The van der Waals surface area contributed by atoms with E-state index in [-0.39, 0.29) is 6.01 Å². The van der Waals surface area contributed by atoms with Crippen LogP contribution in [0.5, 0.6) is 11.8 Å². The van der Waals surface area contributed by atoms with Gasteiger partial charge in [-0.1, -0.05) is 18.2 Å². The van der Waals surface area contributed by atoms with Crippen molar-refractivity contribution in [1.82, 2.24) is 15.0 Å². The molecule has 1 N–H and O–H groups in total. The third kappa shape index (κ3) is 3.09. The van der Waals surface area contributed by atoms with Gasteiger partial charge >= 0.3 is 6.01 Å². The summed E-state index contributed by atoms with van der Waals surface area (Å²) in [5.74, 6) is 1.76. The number of aryl methyl sites for hydroxylation is 1. The SMILES string of the molecule is CNc1nc(Oc2ccccc2C)nc(N(C)C)n1. The molecule has 0 saturated carbocycles. The number of para-hydroxylation sites is 1. The standard InChI is InChI=1S/C13H17N5O/c1-9-7-5-6-8-10(9)19-13-16-11(14-2)15-12(17-13)18(3)4/h5-8H,1-4H3,(H,14,15,16,17). The van der Waals surface area contributed by atoms with E-state index in [1.54, 1.807) is 11.9 Å². The molecule has 0 amide bonds.